The van der Waals surface area contributed by atoms with Gasteiger partial charge in [-0.15, -0.1) is 0 Å². The fraction of sp³-hybridized carbons (Fsp3) is 0.605. The van der Waals surface area contributed by atoms with Gasteiger partial charge in [-0.05, 0) is 90.4 Å². The van der Waals surface area contributed by atoms with Crippen LogP contribution in [-0.4, -0.2) is 132 Å². The van der Waals surface area contributed by atoms with E-state index in [1.54, 1.807) is 34.2 Å². The zero-order valence-corrected chi connectivity index (χ0v) is 36.2. The number of rotatable bonds is 10. The molecule has 4 aliphatic heterocycles. The molecule has 14 nitrogen and oxygen atoms in total. The van der Waals surface area contributed by atoms with Crippen molar-refractivity contribution < 1.29 is 40.6 Å². The van der Waals surface area contributed by atoms with E-state index in [2.05, 4.69) is 26.5 Å². The molecule has 8 rings (SSSR count). The van der Waals surface area contributed by atoms with Crippen molar-refractivity contribution in [2.24, 2.45) is 5.41 Å². The molecular weight excluding hydrogens is 814 g/mol. The summed E-state index contributed by atoms with van der Waals surface area (Å²) in [4.78, 5) is 33.7. The van der Waals surface area contributed by atoms with Crippen LogP contribution in [0.4, 0.5) is 23.8 Å². The first-order chi connectivity index (χ1) is 28.9. The van der Waals surface area contributed by atoms with Gasteiger partial charge >= 0.3 is 12.3 Å². The summed E-state index contributed by atoms with van der Waals surface area (Å²) in [6.45, 7) is 12.8. The minimum Gasteiger partial charge on any atom is -0.481 e. The van der Waals surface area contributed by atoms with Gasteiger partial charge in [-0.3, -0.25) is 4.98 Å². The smallest absolute Gasteiger partial charge is 0.422 e. The second-order valence-corrected chi connectivity index (χ2v) is 20.4. The number of likely N-dealkylation sites (tertiary alicyclic amines) is 2. The Morgan fingerprint density at radius 2 is 1.75 bits per heavy atom. The van der Waals surface area contributed by atoms with Gasteiger partial charge < -0.3 is 28.9 Å². The number of ether oxygens (including phenoxy) is 3. The average Bonchev–Trinajstić information content (AvgIpc) is 3.64. The summed E-state index contributed by atoms with van der Waals surface area (Å²) >= 11 is 0. The molecule has 0 bridgehead atoms. The van der Waals surface area contributed by atoms with Gasteiger partial charge in [0.15, 0.2) is 18.6 Å². The third-order valence-corrected chi connectivity index (χ3v) is 13.3. The Hall–Kier alpha value is -4.55. The van der Waals surface area contributed by atoms with E-state index in [4.69, 9.17) is 24.2 Å². The molecule has 7 heterocycles. The Kier molecular flexibility index (Phi) is 11.7. The fourth-order valence-corrected chi connectivity index (χ4v) is 9.75. The predicted molar refractivity (Wildman–Crippen MR) is 226 cm³/mol. The molecule has 0 saturated carbocycles. The van der Waals surface area contributed by atoms with Crippen molar-refractivity contribution in [2.45, 2.75) is 89.6 Å². The monoisotopic (exact) mass is 868 g/mol. The van der Waals surface area contributed by atoms with Crippen molar-refractivity contribution in [3.8, 4) is 16.9 Å². The standard InChI is InChI=1S/C43H55F3N8O6S/c1-6-28-21-30-36(37(59-27-43(44,45)46)35(28)32-22-47-24-33-31(32)23-48-54(33)34-9-7-8-19-58-34)49-38(29-10-14-51(15-11-29)18-20-61(5,56)57)50-39(30)52-16-12-42(13-17-52)25-53(26-42)40(55)60-41(2,3)4/h6,21-24,29,34H,1,7-20,25-27H2,2-5H3. The number of anilines is 1. The number of fused-ring (bicyclic) bond motifs is 2. The number of benzene rings is 1. The Balaban J connectivity index is 1.21. The van der Waals surface area contributed by atoms with Crippen molar-refractivity contribution in [3.63, 3.8) is 0 Å². The van der Waals surface area contributed by atoms with Crippen LogP contribution in [0, 0.1) is 5.41 Å². The Bertz CT molecular complexity index is 2390. The van der Waals surface area contributed by atoms with E-state index in [0.29, 0.717) is 110 Å². The SMILES string of the molecule is C=Cc1cc2c(N3CCC4(CC3)CN(C(=O)OC(C)(C)C)C4)nc(C3CCN(CCS(C)(=O)=O)CC3)nc2c(OCC(F)(F)F)c1-c1cncc2c1cnn2C1CCCCO1. The lowest BCUT2D eigenvalue weighted by Gasteiger charge is -2.53. The maximum absolute atomic E-state index is 14.2. The van der Waals surface area contributed by atoms with Gasteiger partial charge in [-0.25, -0.2) is 27.9 Å². The molecule has 61 heavy (non-hydrogen) atoms. The van der Waals surface area contributed by atoms with Crippen LogP contribution in [0.3, 0.4) is 0 Å². The lowest BCUT2D eigenvalue weighted by Crippen LogP contribution is -2.62. The van der Waals surface area contributed by atoms with Crippen LogP contribution in [0.15, 0.2) is 31.2 Å². The summed E-state index contributed by atoms with van der Waals surface area (Å²) in [6, 6.07) is 1.89. The number of hydrogen-bond acceptors (Lipinski definition) is 12. The number of carbonyl (C=O) groups excluding carboxylic acids is 1. The number of hydrogen-bond donors (Lipinski definition) is 0. The molecule has 18 heteroatoms. The van der Waals surface area contributed by atoms with E-state index in [-0.39, 0.29) is 40.7 Å². The molecule has 0 radical (unpaired) electrons. The number of sulfone groups is 1. The number of amides is 1. The third-order valence-electron chi connectivity index (χ3n) is 12.4. The Morgan fingerprint density at radius 3 is 2.39 bits per heavy atom. The quantitative estimate of drug-likeness (QED) is 0.157. The minimum absolute atomic E-state index is 0.0448. The van der Waals surface area contributed by atoms with Crippen molar-refractivity contribution >= 4 is 49.6 Å². The molecule has 1 spiro atoms. The summed E-state index contributed by atoms with van der Waals surface area (Å²) in [5.41, 5.74) is 1.68. The molecule has 1 unspecified atom stereocenters. The highest BCUT2D eigenvalue weighted by Crippen LogP contribution is 2.48. The molecule has 4 aromatic rings. The van der Waals surface area contributed by atoms with E-state index in [1.807, 2.05) is 26.8 Å². The van der Waals surface area contributed by atoms with Crippen LogP contribution < -0.4 is 9.64 Å². The normalized spacial score (nSPS) is 20.6. The van der Waals surface area contributed by atoms with Crippen molar-refractivity contribution in [3.05, 3.63) is 42.6 Å². The van der Waals surface area contributed by atoms with Gasteiger partial charge in [-0.2, -0.15) is 18.3 Å². The number of aromatic nitrogens is 5. The van der Waals surface area contributed by atoms with E-state index >= 15 is 0 Å². The molecule has 4 saturated heterocycles. The van der Waals surface area contributed by atoms with Gasteiger partial charge in [0.05, 0.1) is 23.7 Å². The highest BCUT2D eigenvalue weighted by molar-refractivity contribution is 7.90. The van der Waals surface area contributed by atoms with Crippen LogP contribution in [0.1, 0.15) is 89.3 Å². The van der Waals surface area contributed by atoms with Gasteiger partial charge in [0.2, 0.25) is 0 Å². The van der Waals surface area contributed by atoms with Gasteiger partial charge in [0.25, 0.3) is 0 Å². The first-order valence-corrected chi connectivity index (χ1v) is 23.2. The lowest BCUT2D eigenvalue weighted by molar-refractivity contribution is -0.153. The van der Waals surface area contributed by atoms with Crippen molar-refractivity contribution in [1.82, 2.24) is 34.5 Å². The van der Waals surface area contributed by atoms with Crippen LogP contribution in [0.2, 0.25) is 0 Å². The highest BCUT2D eigenvalue weighted by Gasteiger charge is 2.48. The van der Waals surface area contributed by atoms with E-state index < -0.39 is 28.2 Å². The predicted octanol–water partition coefficient (Wildman–Crippen LogP) is 7.39. The summed E-state index contributed by atoms with van der Waals surface area (Å²) in [5.74, 6) is 0.972. The maximum atomic E-state index is 14.2. The number of pyridine rings is 1. The molecule has 1 atom stereocenters. The van der Waals surface area contributed by atoms with E-state index in [0.717, 1.165) is 32.1 Å². The number of nitrogens with zero attached hydrogens (tertiary/aromatic N) is 8. The molecule has 4 aliphatic rings. The van der Waals surface area contributed by atoms with Crippen molar-refractivity contribution in [1.29, 1.82) is 0 Å². The molecular formula is C43H55F3N8O6S. The molecule has 3 aromatic heterocycles. The van der Waals surface area contributed by atoms with Crippen LogP contribution in [-0.2, 0) is 19.3 Å². The van der Waals surface area contributed by atoms with Gasteiger partial charge in [-0.1, -0.05) is 12.7 Å². The average molecular weight is 869 g/mol. The number of halogens is 3. The maximum Gasteiger partial charge on any atom is 0.422 e. The van der Waals surface area contributed by atoms with Gasteiger partial charge in [0.1, 0.15) is 32.6 Å². The summed E-state index contributed by atoms with van der Waals surface area (Å²) < 4.78 is 85.8. The van der Waals surface area contributed by atoms with Gasteiger partial charge in [0, 0.05) is 85.0 Å². The molecule has 1 amide bonds. The Morgan fingerprint density at radius 1 is 1.02 bits per heavy atom. The van der Waals surface area contributed by atoms with E-state index in [1.165, 1.54) is 6.26 Å². The molecule has 0 N–H and O–H groups in total. The minimum atomic E-state index is -4.66. The second kappa shape index (κ2) is 16.6. The zero-order chi connectivity index (χ0) is 43.3. The largest absolute Gasteiger partial charge is 0.481 e. The van der Waals surface area contributed by atoms with Crippen LogP contribution >= 0.6 is 0 Å². The van der Waals surface area contributed by atoms with E-state index in [9.17, 15) is 26.4 Å². The fourth-order valence-electron chi connectivity index (χ4n) is 9.16. The topological polar surface area (TPSA) is 145 Å². The first kappa shape index (κ1) is 43.1. The Labute approximate surface area is 354 Å². The zero-order valence-electron chi connectivity index (χ0n) is 35.3. The summed E-state index contributed by atoms with van der Waals surface area (Å²) in [6.07, 6.45) is 8.09. The lowest BCUT2D eigenvalue weighted by atomic mass is 9.72. The first-order valence-electron chi connectivity index (χ1n) is 21.2. The van der Waals surface area contributed by atoms with Crippen molar-refractivity contribution in [2.75, 3.05) is 75.9 Å². The summed E-state index contributed by atoms with van der Waals surface area (Å²) in [5, 5.41) is 5.89. The van der Waals surface area contributed by atoms with Crippen LogP contribution in [0.25, 0.3) is 39.0 Å². The molecule has 330 valence electrons. The third kappa shape index (κ3) is 9.45. The molecule has 1 aromatic carbocycles. The number of piperidine rings is 2. The second-order valence-electron chi connectivity index (χ2n) is 18.2. The molecule has 4 fully saturated rings. The van der Waals surface area contributed by atoms with Crippen LogP contribution in [0.5, 0.6) is 5.75 Å². The highest BCUT2D eigenvalue weighted by atomic mass is 32.2. The molecule has 0 aliphatic carbocycles. The number of alkyl halides is 3. The summed E-state index contributed by atoms with van der Waals surface area (Å²) in [7, 11) is -3.14. The number of carbonyl (C=O) groups is 1.